The van der Waals surface area contributed by atoms with E-state index in [4.69, 9.17) is 11.6 Å². The molecule has 0 aliphatic rings. The molecule has 0 radical (unpaired) electrons. The first-order valence-electron chi connectivity index (χ1n) is 4.58. The molecule has 82 valence electrons. The van der Waals surface area contributed by atoms with Gasteiger partial charge in [0.2, 0.25) is 0 Å². The van der Waals surface area contributed by atoms with Crippen LogP contribution in [-0.4, -0.2) is 19.5 Å². The number of ketones is 1. The maximum atomic E-state index is 12.9. The molecule has 1 aromatic rings. The highest BCUT2D eigenvalue weighted by atomic mass is 35.5. The molecule has 1 rings (SSSR count). The summed E-state index contributed by atoms with van der Waals surface area (Å²) in [6.45, 7) is 0.0902. The molecule has 0 unspecified atom stereocenters. The lowest BCUT2D eigenvalue weighted by Crippen LogP contribution is -2.07. The number of halogens is 2. The molecule has 0 atom stereocenters. The van der Waals surface area contributed by atoms with Crippen LogP contribution in [0.5, 0.6) is 0 Å². The Kier molecular flexibility index (Phi) is 4.72. The highest BCUT2D eigenvalue weighted by molar-refractivity contribution is 6.31. The summed E-state index contributed by atoms with van der Waals surface area (Å²) >= 11 is 5.85. The monoisotopic (exact) mass is 230 g/mol. The topological polar surface area (TPSA) is 26.3 Å². The number of methoxy groups -OCH3 is 1. The zero-order valence-electron chi connectivity index (χ0n) is 8.43. The number of Topliss-reactive ketones (excluding diaryl/α,β-unsaturated/α-hetero) is 1. The first-order chi connectivity index (χ1) is 7.13. The summed E-state index contributed by atoms with van der Waals surface area (Å²) in [5, 5.41) is 0.488. The predicted octanol–water partition coefficient (Wildman–Crippen LogP) is 2.63. The quantitative estimate of drug-likeness (QED) is 0.777. The molecule has 0 aliphatic heterocycles. The number of benzene rings is 1. The van der Waals surface area contributed by atoms with Crippen LogP contribution in [0.25, 0.3) is 0 Å². The SMILES string of the molecule is COCC(=O)CCc1cc(F)ccc1Cl. The fourth-order valence-corrected chi connectivity index (χ4v) is 1.45. The Morgan fingerprint density at radius 2 is 2.27 bits per heavy atom. The van der Waals surface area contributed by atoms with E-state index in [0.717, 1.165) is 0 Å². The molecular weight excluding hydrogens is 219 g/mol. The van der Waals surface area contributed by atoms with Gasteiger partial charge in [0.1, 0.15) is 12.4 Å². The fraction of sp³-hybridized carbons (Fsp3) is 0.364. The van der Waals surface area contributed by atoms with Crippen LogP contribution in [-0.2, 0) is 16.0 Å². The van der Waals surface area contributed by atoms with Gasteiger partial charge in [-0.3, -0.25) is 4.79 Å². The molecule has 15 heavy (non-hydrogen) atoms. The van der Waals surface area contributed by atoms with Crippen LogP contribution in [0.2, 0.25) is 5.02 Å². The smallest absolute Gasteiger partial charge is 0.158 e. The Morgan fingerprint density at radius 3 is 2.93 bits per heavy atom. The van der Waals surface area contributed by atoms with Crippen molar-refractivity contribution in [2.75, 3.05) is 13.7 Å². The first kappa shape index (κ1) is 12.1. The molecule has 0 fully saturated rings. The minimum Gasteiger partial charge on any atom is -0.377 e. The molecule has 0 heterocycles. The van der Waals surface area contributed by atoms with Crippen molar-refractivity contribution in [2.45, 2.75) is 12.8 Å². The van der Waals surface area contributed by atoms with Crippen molar-refractivity contribution in [3.8, 4) is 0 Å². The molecule has 0 aromatic heterocycles. The van der Waals surface area contributed by atoms with Crippen LogP contribution >= 0.6 is 11.6 Å². The molecule has 0 amide bonds. The summed E-state index contributed by atoms with van der Waals surface area (Å²) < 4.78 is 17.5. The van der Waals surface area contributed by atoms with Gasteiger partial charge in [0, 0.05) is 18.6 Å². The normalized spacial score (nSPS) is 10.3. The number of ether oxygens (including phenoxy) is 1. The zero-order chi connectivity index (χ0) is 11.3. The molecule has 0 bridgehead atoms. The Bertz CT molecular complexity index is 352. The molecule has 0 N–H and O–H groups in total. The Labute approximate surface area is 93.0 Å². The molecule has 0 saturated heterocycles. The first-order valence-corrected chi connectivity index (χ1v) is 4.96. The third-order valence-electron chi connectivity index (χ3n) is 1.99. The van der Waals surface area contributed by atoms with Crippen molar-refractivity contribution < 1.29 is 13.9 Å². The van der Waals surface area contributed by atoms with Gasteiger partial charge < -0.3 is 4.74 Å². The van der Waals surface area contributed by atoms with E-state index in [-0.39, 0.29) is 18.2 Å². The van der Waals surface area contributed by atoms with E-state index >= 15 is 0 Å². The Hall–Kier alpha value is -0.930. The third kappa shape index (κ3) is 3.98. The standard InChI is InChI=1S/C11H12ClFO2/c1-15-7-10(14)4-2-8-6-9(13)3-5-11(8)12/h3,5-6H,2,4,7H2,1H3. The molecule has 1 aromatic carbocycles. The number of hydrogen-bond acceptors (Lipinski definition) is 2. The highest BCUT2D eigenvalue weighted by Crippen LogP contribution is 2.18. The van der Waals surface area contributed by atoms with Crippen molar-refractivity contribution in [1.82, 2.24) is 0 Å². The molecule has 4 heteroatoms. The van der Waals surface area contributed by atoms with Crippen LogP contribution in [0.15, 0.2) is 18.2 Å². The van der Waals surface area contributed by atoms with Crippen molar-refractivity contribution >= 4 is 17.4 Å². The number of rotatable bonds is 5. The Balaban J connectivity index is 2.57. The lowest BCUT2D eigenvalue weighted by Gasteiger charge is -2.03. The second-order valence-corrected chi connectivity index (χ2v) is 3.61. The number of carbonyl (C=O) groups is 1. The van der Waals surface area contributed by atoms with E-state index in [1.54, 1.807) is 0 Å². The van der Waals surface area contributed by atoms with Crippen molar-refractivity contribution in [1.29, 1.82) is 0 Å². The molecule has 0 spiro atoms. The summed E-state index contributed by atoms with van der Waals surface area (Å²) in [7, 11) is 1.47. The van der Waals surface area contributed by atoms with E-state index in [1.807, 2.05) is 0 Å². The maximum Gasteiger partial charge on any atom is 0.158 e. The minimum absolute atomic E-state index is 0.0159. The predicted molar refractivity (Wildman–Crippen MR) is 56.6 cm³/mol. The van der Waals surface area contributed by atoms with E-state index in [2.05, 4.69) is 4.74 Å². The van der Waals surface area contributed by atoms with Crippen LogP contribution in [0, 0.1) is 5.82 Å². The van der Waals surface area contributed by atoms with Gasteiger partial charge >= 0.3 is 0 Å². The maximum absolute atomic E-state index is 12.9. The second kappa shape index (κ2) is 5.83. The summed E-state index contributed by atoms with van der Waals surface area (Å²) in [6, 6.07) is 4.14. The van der Waals surface area contributed by atoms with Crippen molar-refractivity contribution in [3.63, 3.8) is 0 Å². The number of aryl methyl sites for hydroxylation is 1. The van der Waals surface area contributed by atoms with E-state index in [9.17, 15) is 9.18 Å². The minimum atomic E-state index is -0.339. The summed E-state index contributed by atoms with van der Waals surface area (Å²) in [5.41, 5.74) is 0.654. The average Bonchev–Trinajstić information content (AvgIpc) is 2.20. The second-order valence-electron chi connectivity index (χ2n) is 3.21. The van der Waals surface area contributed by atoms with E-state index in [1.165, 1.54) is 25.3 Å². The number of hydrogen-bond donors (Lipinski definition) is 0. The number of carbonyl (C=O) groups excluding carboxylic acids is 1. The summed E-state index contributed by atoms with van der Waals surface area (Å²) in [6.07, 6.45) is 0.760. The van der Waals surface area contributed by atoms with Gasteiger partial charge in [0.15, 0.2) is 5.78 Å². The van der Waals surface area contributed by atoms with Crippen LogP contribution < -0.4 is 0 Å². The van der Waals surface area contributed by atoms with Gasteiger partial charge in [-0.05, 0) is 30.2 Å². The lowest BCUT2D eigenvalue weighted by molar-refractivity contribution is -0.122. The fourth-order valence-electron chi connectivity index (χ4n) is 1.24. The van der Waals surface area contributed by atoms with E-state index in [0.29, 0.717) is 23.4 Å². The largest absolute Gasteiger partial charge is 0.377 e. The van der Waals surface area contributed by atoms with E-state index < -0.39 is 0 Å². The zero-order valence-corrected chi connectivity index (χ0v) is 9.18. The third-order valence-corrected chi connectivity index (χ3v) is 2.35. The van der Waals surface area contributed by atoms with Crippen molar-refractivity contribution in [2.24, 2.45) is 0 Å². The van der Waals surface area contributed by atoms with Gasteiger partial charge in [-0.15, -0.1) is 0 Å². The average molecular weight is 231 g/mol. The van der Waals surface area contributed by atoms with Gasteiger partial charge in [0.25, 0.3) is 0 Å². The molecule has 0 aliphatic carbocycles. The van der Waals surface area contributed by atoms with Gasteiger partial charge in [0.05, 0.1) is 0 Å². The molecular formula is C11H12ClFO2. The van der Waals surface area contributed by atoms with Crippen molar-refractivity contribution in [3.05, 3.63) is 34.6 Å². The van der Waals surface area contributed by atoms with Crippen LogP contribution in [0.4, 0.5) is 4.39 Å². The highest BCUT2D eigenvalue weighted by Gasteiger charge is 2.06. The van der Waals surface area contributed by atoms with Gasteiger partial charge in [-0.25, -0.2) is 4.39 Å². The summed E-state index contributed by atoms with van der Waals surface area (Å²) in [4.78, 5) is 11.2. The molecule has 2 nitrogen and oxygen atoms in total. The van der Waals surface area contributed by atoms with Crippen LogP contribution in [0.1, 0.15) is 12.0 Å². The van der Waals surface area contributed by atoms with Gasteiger partial charge in [-0.2, -0.15) is 0 Å². The molecule has 0 saturated carbocycles. The van der Waals surface area contributed by atoms with Gasteiger partial charge in [-0.1, -0.05) is 11.6 Å². The summed E-state index contributed by atoms with van der Waals surface area (Å²) in [5.74, 6) is -0.355. The lowest BCUT2D eigenvalue weighted by atomic mass is 10.1. The Morgan fingerprint density at radius 1 is 1.53 bits per heavy atom. The van der Waals surface area contributed by atoms with Crippen LogP contribution in [0.3, 0.4) is 0 Å².